The number of nitrogens with one attached hydrogen (secondary N) is 2. The molecule has 8 heteroatoms. The second-order valence-corrected chi connectivity index (χ2v) is 9.79. The van der Waals surface area contributed by atoms with Crippen LogP contribution < -0.4 is 20.1 Å². The van der Waals surface area contributed by atoms with Crippen molar-refractivity contribution >= 4 is 43.7 Å². The van der Waals surface area contributed by atoms with Gasteiger partial charge in [0, 0.05) is 12.1 Å². The number of hydrogen-bond donors (Lipinski definition) is 2. The van der Waals surface area contributed by atoms with E-state index in [2.05, 4.69) is 42.5 Å². The smallest absolute Gasteiger partial charge is 0.258 e. The molecule has 3 rings (SSSR count). The number of aryl methyl sites for hydroxylation is 2. The van der Waals surface area contributed by atoms with Crippen LogP contribution in [-0.2, 0) is 9.59 Å². The molecule has 0 radical (unpaired) electrons. The van der Waals surface area contributed by atoms with Gasteiger partial charge in [-0.25, -0.2) is 0 Å². The maximum absolute atomic E-state index is 12.5. The number of carbonyl (C=O) groups is 2. The van der Waals surface area contributed by atoms with E-state index < -0.39 is 0 Å². The molecule has 2 atom stereocenters. The molecule has 1 aliphatic carbocycles. The van der Waals surface area contributed by atoms with Crippen molar-refractivity contribution in [1.29, 1.82) is 0 Å². The van der Waals surface area contributed by atoms with Crippen LogP contribution in [-0.4, -0.2) is 37.1 Å². The number of halogens is 2. The number of rotatable bonds is 8. The zero-order chi connectivity index (χ0) is 23.1. The minimum absolute atomic E-state index is 0.0800. The fraction of sp³-hybridized carbons (Fsp3) is 0.417. The molecule has 32 heavy (non-hydrogen) atoms. The van der Waals surface area contributed by atoms with Gasteiger partial charge < -0.3 is 20.1 Å². The van der Waals surface area contributed by atoms with Crippen molar-refractivity contribution in [3.63, 3.8) is 0 Å². The molecule has 172 valence electrons. The van der Waals surface area contributed by atoms with Crippen LogP contribution >= 0.6 is 31.9 Å². The predicted octanol–water partition coefficient (Wildman–Crippen LogP) is 4.83. The molecule has 2 aromatic rings. The first-order valence-electron chi connectivity index (χ1n) is 10.7. The number of ether oxygens (including phenoxy) is 2. The van der Waals surface area contributed by atoms with E-state index in [4.69, 9.17) is 9.47 Å². The molecular weight excluding hydrogens is 540 g/mol. The largest absolute Gasteiger partial charge is 0.483 e. The Hall–Kier alpha value is -2.06. The number of benzene rings is 2. The summed E-state index contributed by atoms with van der Waals surface area (Å²) in [6.45, 7) is 3.82. The van der Waals surface area contributed by atoms with E-state index in [0.717, 1.165) is 45.8 Å². The van der Waals surface area contributed by atoms with E-state index in [0.29, 0.717) is 11.5 Å². The minimum atomic E-state index is -0.205. The Bertz CT molecular complexity index is 890. The Morgan fingerprint density at radius 2 is 1.22 bits per heavy atom. The summed E-state index contributed by atoms with van der Waals surface area (Å²) in [6.07, 6.45) is 3.65. The van der Waals surface area contributed by atoms with Crippen molar-refractivity contribution in [2.24, 2.45) is 0 Å². The number of hydrogen-bond acceptors (Lipinski definition) is 4. The molecule has 1 saturated carbocycles. The molecule has 1 aliphatic rings. The summed E-state index contributed by atoms with van der Waals surface area (Å²) in [7, 11) is 0. The first-order valence-corrected chi connectivity index (χ1v) is 12.3. The molecule has 1 fully saturated rings. The van der Waals surface area contributed by atoms with E-state index in [-0.39, 0.29) is 37.1 Å². The van der Waals surface area contributed by atoms with E-state index >= 15 is 0 Å². The molecule has 0 saturated heterocycles. The first-order chi connectivity index (χ1) is 15.3. The molecule has 2 amide bonds. The van der Waals surface area contributed by atoms with Crippen molar-refractivity contribution in [2.45, 2.75) is 51.6 Å². The van der Waals surface area contributed by atoms with Gasteiger partial charge in [-0.1, -0.05) is 25.0 Å². The van der Waals surface area contributed by atoms with Crippen LogP contribution in [0, 0.1) is 13.8 Å². The molecule has 2 N–H and O–H groups in total. The van der Waals surface area contributed by atoms with Gasteiger partial charge in [-0.05, 0) is 93.9 Å². The van der Waals surface area contributed by atoms with Crippen LogP contribution in [0.4, 0.5) is 0 Å². The highest BCUT2D eigenvalue weighted by Gasteiger charge is 2.28. The normalized spacial score (nSPS) is 18.0. The zero-order valence-corrected chi connectivity index (χ0v) is 21.4. The average molecular weight is 568 g/mol. The van der Waals surface area contributed by atoms with Gasteiger partial charge in [0.2, 0.25) is 0 Å². The first kappa shape index (κ1) is 24.6. The summed E-state index contributed by atoms with van der Waals surface area (Å²) in [5.74, 6) is 0.837. The molecule has 0 heterocycles. The average Bonchev–Trinajstić information content (AvgIpc) is 2.74. The maximum atomic E-state index is 12.5. The lowest BCUT2D eigenvalue weighted by atomic mass is 9.90. The van der Waals surface area contributed by atoms with Crippen LogP contribution in [0.1, 0.15) is 36.8 Å². The summed E-state index contributed by atoms with van der Waals surface area (Å²) < 4.78 is 12.9. The van der Waals surface area contributed by atoms with E-state index in [1.807, 2.05) is 50.2 Å². The summed E-state index contributed by atoms with van der Waals surface area (Å²) in [5.41, 5.74) is 2.21. The van der Waals surface area contributed by atoms with Crippen LogP contribution in [0.15, 0.2) is 45.3 Å². The SMILES string of the molecule is Cc1ccc(OCC(=O)N[C@@H]2CCCC[C@H]2NC(=O)COc2ccc(C)cc2Br)c(Br)c1. The highest BCUT2D eigenvalue weighted by atomic mass is 79.9. The van der Waals surface area contributed by atoms with Crippen molar-refractivity contribution in [3.8, 4) is 11.5 Å². The monoisotopic (exact) mass is 566 g/mol. The highest BCUT2D eigenvalue weighted by molar-refractivity contribution is 9.10. The van der Waals surface area contributed by atoms with Crippen LogP contribution in [0.3, 0.4) is 0 Å². The van der Waals surface area contributed by atoms with Gasteiger partial charge in [0.25, 0.3) is 11.8 Å². The van der Waals surface area contributed by atoms with Gasteiger partial charge in [0.05, 0.1) is 8.95 Å². The topological polar surface area (TPSA) is 76.7 Å². The lowest BCUT2D eigenvalue weighted by Crippen LogP contribution is -2.54. The second-order valence-electron chi connectivity index (χ2n) is 8.08. The number of carbonyl (C=O) groups excluding carboxylic acids is 2. The Morgan fingerprint density at radius 3 is 1.59 bits per heavy atom. The Morgan fingerprint density at radius 1 is 0.812 bits per heavy atom. The van der Waals surface area contributed by atoms with Gasteiger partial charge in [-0.3, -0.25) is 9.59 Å². The summed E-state index contributed by atoms with van der Waals surface area (Å²) >= 11 is 6.91. The van der Waals surface area contributed by atoms with Crippen molar-refractivity contribution in [1.82, 2.24) is 10.6 Å². The fourth-order valence-corrected chi connectivity index (χ4v) is 4.92. The zero-order valence-electron chi connectivity index (χ0n) is 18.3. The Balaban J connectivity index is 1.48. The van der Waals surface area contributed by atoms with Crippen molar-refractivity contribution in [2.75, 3.05) is 13.2 Å². The Labute approximate surface area is 205 Å². The van der Waals surface area contributed by atoms with Crippen molar-refractivity contribution in [3.05, 3.63) is 56.5 Å². The van der Waals surface area contributed by atoms with Crippen LogP contribution in [0.25, 0.3) is 0 Å². The lowest BCUT2D eigenvalue weighted by Gasteiger charge is -2.32. The van der Waals surface area contributed by atoms with E-state index in [1.165, 1.54) is 0 Å². The summed E-state index contributed by atoms with van der Waals surface area (Å²) in [6, 6.07) is 11.2. The molecule has 0 aliphatic heterocycles. The quantitative estimate of drug-likeness (QED) is 0.479. The molecule has 2 aromatic carbocycles. The third-order valence-electron chi connectivity index (χ3n) is 5.35. The summed E-state index contributed by atoms with van der Waals surface area (Å²) in [4.78, 5) is 25.0. The highest BCUT2D eigenvalue weighted by Crippen LogP contribution is 2.26. The predicted molar refractivity (Wildman–Crippen MR) is 131 cm³/mol. The molecule has 0 bridgehead atoms. The van der Waals surface area contributed by atoms with Gasteiger partial charge in [0.1, 0.15) is 11.5 Å². The molecule has 6 nitrogen and oxygen atoms in total. The molecule has 0 spiro atoms. The van der Waals surface area contributed by atoms with Gasteiger partial charge in [0.15, 0.2) is 13.2 Å². The van der Waals surface area contributed by atoms with Gasteiger partial charge in [-0.15, -0.1) is 0 Å². The van der Waals surface area contributed by atoms with Crippen molar-refractivity contribution < 1.29 is 19.1 Å². The molecular formula is C24H28Br2N2O4. The lowest BCUT2D eigenvalue weighted by molar-refractivity contribution is -0.127. The molecule has 0 aromatic heterocycles. The van der Waals surface area contributed by atoms with E-state index in [9.17, 15) is 9.59 Å². The third-order valence-corrected chi connectivity index (χ3v) is 6.59. The number of amides is 2. The minimum Gasteiger partial charge on any atom is -0.483 e. The molecule has 0 unspecified atom stereocenters. The van der Waals surface area contributed by atoms with Gasteiger partial charge >= 0.3 is 0 Å². The standard InChI is InChI=1S/C24H28Br2N2O4/c1-15-7-9-21(17(25)11-15)31-13-23(29)27-19-5-3-4-6-20(19)28-24(30)14-32-22-10-8-16(2)12-18(22)26/h7-12,19-20H,3-6,13-14H2,1-2H3,(H,27,29)(H,28,30)/t19-,20-/m1/s1. The van der Waals surface area contributed by atoms with E-state index in [1.54, 1.807) is 0 Å². The Kier molecular flexibility index (Phi) is 8.99. The fourth-order valence-electron chi connectivity index (χ4n) is 3.71. The van der Waals surface area contributed by atoms with Crippen LogP contribution in [0.2, 0.25) is 0 Å². The van der Waals surface area contributed by atoms with Gasteiger partial charge in [-0.2, -0.15) is 0 Å². The third kappa shape index (κ3) is 7.24. The van der Waals surface area contributed by atoms with Crippen LogP contribution in [0.5, 0.6) is 11.5 Å². The summed E-state index contributed by atoms with van der Waals surface area (Å²) in [5, 5.41) is 6.04. The second kappa shape index (κ2) is 11.7. The maximum Gasteiger partial charge on any atom is 0.258 e.